The van der Waals surface area contributed by atoms with Crippen LogP contribution in [-0.4, -0.2) is 42.3 Å². The van der Waals surface area contributed by atoms with Crippen LogP contribution in [0.3, 0.4) is 0 Å². The van der Waals surface area contributed by atoms with Gasteiger partial charge in [0, 0.05) is 47.3 Å². The lowest BCUT2D eigenvalue weighted by atomic mass is 9.98. The zero-order chi connectivity index (χ0) is 21.7. The Morgan fingerprint density at radius 2 is 1.90 bits per heavy atom. The molecule has 2 aromatic rings. The molecule has 0 unspecified atom stereocenters. The average Bonchev–Trinajstić information content (AvgIpc) is 3.05. The van der Waals surface area contributed by atoms with Crippen LogP contribution in [-0.2, 0) is 40.1 Å². The second-order valence-electron chi connectivity index (χ2n) is 7.27. The van der Waals surface area contributed by atoms with Gasteiger partial charge in [0.2, 0.25) is 5.91 Å². The molecule has 0 atom stereocenters. The van der Waals surface area contributed by atoms with Gasteiger partial charge in [-0.05, 0) is 36.6 Å². The molecule has 1 aromatic heterocycles. The van der Waals surface area contributed by atoms with E-state index in [0.717, 1.165) is 27.4 Å². The van der Waals surface area contributed by atoms with Gasteiger partial charge in [-0.2, -0.15) is 0 Å². The number of amides is 1. The van der Waals surface area contributed by atoms with Crippen LogP contribution in [0.25, 0.3) is 0 Å². The molecule has 1 aliphatic heterocycles. The van der Waals surface area contributed by atoms with Gasteiger partial charge < -0.3 is 10.5 Å². The lowest BCUT2D eigenvalue weighted by Crippen LogP contribution is -2.32. The summed E-state index contributed by atoms with van der Waals surface area (Å²) >= 11 is 7.37. The largest absolute Gasteiger partial charge is 0.466 e. The highest BCUT2D eigenvalue weighted by Gasteiger charge is 2.27. The number of carbonyl (C=O) groups is 3. The second-order valence-corrected chi connectivity index (χ2v) is 8.89. The molecular formula is C22H26Cl2N2O4S. The fourth-order valence-corrected chi connectivity index (χ4v) is 5.23. The van der Waals surface area contributed by atoms with Crippen LogP contribution in [0.1, 0.15) is 44.6 Å². The van der Waals surface area contributed by atoms with Gasteiger partial charge in [-0.25, -0.2) is 0 Å². The fourth-order valence-electron chi connectivity index (χ4n) is 3.67. The maximum atomic E-state index is 12.6. The minimum absolute atomic E-state index is 0. The fraction of sp³-hybridized carbons (Fsp3) is 0.409. The molecule has 2 heterocycles. The molecule has 0 bridgehead atoms. The van der Waals surface area contributed by atoms with Crippen LogP contribution >= 0.6 is 35.3 Å². The lowest BCUT2D eigenvalue weighted by Gasteiger charge is -2.26. The highest BCUT2D eigenvalue weighted by molar-refractivity contribution is 7.12. The van der Waals surface area contributed by atoms with Crippen LogP contribution in [0, 0.1) is 0 Å². The number of primary amides is 1. The van der Waals surface area contributed by atoms with E-state index in [1.807, 2.05) is 12.1 Å². The Balaban J connectivity index is 0.00000341. The number of esters is 1. The van der Waals surface area contributed by atoms with Crippen molar-refractivity contribution < 1.29 is 19.1 Å². The summed E-state index contributed by atoms with van der Waals surface area (Å²) in [6.07, 6.45) is 1.48. The third-order valence-corrected chi connectivity index (χ3v) is 6.53. The molecule has 0 radical (unpaired) electrons. The molecular weight excluding hydrogens is 459 g/mol. The Hall–Kier alpha value is -1.93. The summed E-state index contributed by atoms with van der Waals surface area (Å²) in [4.78, 5) is 40.3. The van der Waals surface area contributed by atoms with Crippen LogP contribution < -0.4 is 5.73 Å². The van der Waals surface area contributed by atoms with Crippen LogP contribution in [0.5, 0.6) is 0 Å². The average molecular weight is 485 g/mol. The zero-order valence-corrected chi connectivity index (χ0v) is 19.7. The highest BCUT2D eigenvalue weighted by Crippen LogP contribution is 2.34. The third-order valence-electron chi connectivity index (χ3n) is 5.07. The molecule has 1 amide bonds. The molecule has 9 heteroatoms. The summed E-state index contributed by atoms with van der Waals surface area (Å²) in [5, 5.41) is 0.626. The molecule has 1 aliphatic rings. The van der Waals surface area contributed by atoms with Gasteiger partial charge >= 0.3 is 5.97 Å². The topological polar surface area (TPSA) is 89.7 Å². The summed E-state index contributed by atoms with van der Waals surface area (Å²) in [5.41, 5.74) is 8.00. The van der Waals surface area contributed by atoms with E-state index >= 15 is 0 Å². The molecule has 0 saturated carbocycles. The van der Waals surface area contributed by atoms with Gasteiger partial charge in [0.1, 0.15) is 5.78 Å². The molecule has 1 aromatic carbocycles. The number of nitrogens with two attached hydrogens (primary N) is 1. The van der Waals surface area contributed by atoms with Gasteiger partial charge in [0.15, 0.2) is 0 Å². The van der Waals surface area contributed by atoms with Crippen molar-refractivity contribution >= 4 is 53.0 Å². The predicted molar refractivity (Wildman–Crippen MR) is 124 cm³/mol. The number of hydrogen-bond donors (Lipinski definition) is 1. The SMILES string of the molecule is CCOC(=O)CCN1CCc2c(sc(CC(=O)Cc3ccc(Cl)cc3)c2C(N)=O)C1.Cl. The number of benzene rings is 1. The minimum atomic E-state index is -0.484. The summed E-state index contributed by atoms with van der Waals surface area (Å²) in [5.74, 6) is -0.667. The number of halogens is 2. The van der Waals surface area contributed by atoms with E-state index in [2.05, 4.69) is 4.90 Å². The summed E-state index contributed by atoms with van der Waals surface area (Å²) < 4.78 is 4.99. The summed E-state index contributed by atoms with van der Waals surface area (Å²) in [7, 11) is 0. The van der Waals surface area contributed by atoms with E-state index in [1.54, 1.807) is 19.1 Å². The second kappa shape index (κ2) is 11.6. The van der Waals surface area contributed by atoms with E-state index in [9.17, 15) is 14.4 Å². The number of Topliss-reactive ketones (excluding diaryl/α,β-unsaturated/α-hetero) is 1. The van der Waals surface area contributed by atoms with Gasteiger partial charge in [0.05, 0.1) is 18.6 Å². The first-order chi connectivity index (χ1) is 14.4. The quantitative estimate of drug-likeness (QED) is 0.549. The first kappa shape index (κ1) is 25.3. The van der Waals surface area contributed by atoms with Gasteiger partial charge in [-0.1, -0.05) is 23.7 Å². The van der Waals surface area contributed by atoms with Gasteiger partial charge in [0.25, 0.3) is 0 Å². The number of hydrogen-bond acceptors (Lipinski definition) is 6. The van der Waals surface area contributed by atoms with Crippen molar-refractivity contribution in [3.05, 3.63) is 55.7 Å². The van der Waals surface area contributed by atoms with Crippen LogP contribution in [0.15, 0.2) is 24.3 Å². The first-order valence-electron chi connectivity index (χ1n) is 9.94. The van der Waals surface area contributed by atoms with Crippen molar-refractivity contribution in [3.63, 3.8) is 0 Å². The van der Waals surface area contributed by atoms with Crippen molar-refractivity contribution in [2.24, 2.45) is 5.73 Å². The van der Waals surface area contributed by atoms with E-state index in [0.29, 0.717) is 43.1 Å². The van der Waals surface area contributed by atoms with Crippen LogP contribution in [0.2, 0.25) is 5.02 Å². The predicted octanol–water partition coefficient (Wildman–Crippen LogP) is 3.59. The summed E-state index contributed by atoms with van der Waals surface area (Å²) in [6.45, 7) is 4.15. The van der Waals surface area contributed by atoms with Crippen molar-refractivity contribution in [1.82, 2.24) is 4.90 Å². The summed E-state index contributed by atoms with van der Waals surface area (Å²) in [6, 6.07) is 7.17. The molecule has 3 rings (SSSR count). The Labute approximate surface area is 197 Å². The minimum Gasteiger partial charge on any atom is -0.466 e. The maximum absolute atomic E-state index is 12.6. The van der Waals surface area contributed by atoms with Crippen molar-refractivity contribution in [2.75, 3.05) is 19.7 Å². The first-order valence-corrected chi connectivity index (χ1v) is 11.1. The smallest absolute Gasteiger partial charge is 0.307 e. The van der Waals surface area contributed by atoms with E-state index < -0.39 is 5.91 Å². The van der Waals surface area contributed by atoms with Crippen molar-refractivity contribution in [2.45, 2.75) is 39.2 Å². The van der Waals surface area contributed by atoms with E-state index in [4.69, 9.17) is 22.1 Å². The number of ketones is 1. The van der Waals surface area contributed by atoms with E-state index in [-0.39, 0.29) is 37.0 Å². The molecule has 0 spiro atoms. The molecule has 31 heavy (non-hydrogen) atoms. The number of ether oxygens (including phenoxy) is 1. The third kappa shape index (κ3) is 6.77. The number of carbonyl (C=O) groups excluding carboxylic acids is 3. The van der Waals surface area contributed by atoms with Gasteiger partial charge in [-0.15, -0.1) is 23.7 Å². The molecule has 0 aliphatic carbocycles. The maximum Gasteiger partial charge on any atom is 0.307 e. The molecule has 168 valence electrons. The standard InChI is InChI=1S/C22H25ClN2O4S.ClH/c1-2-29-20(27)8-10-25-9-7-17-19(13-25)30-18(21(17)22(24)28)12-16(26)11-14-3-5-15(23)6-4-14;/h3-6H,2,7-13H2,1H3,(H2,24,28);1H. The normalized spacial score (nSPS) is 13.2. The number of rotatable bonds is 9. The Morgan fingerprint density at radius 1 is 1.19 bits per heavy atom. The monoisotopic (exact) mass is 484 g/mol. The van der Waals surface area contributed by atoms with Gasteiger partial charge in [-0.3, -0.25) is 19.3 Å². The van der Waals surface area contributed by atoms with Crippen molar-refractivity contribution in [1.29, 1.82) is 0 Å². The lowest BCUT2D eigenvalue weighted by molar-refractivity contribution is -0.143. The number of thiophene rings is 1. The van der Waals surface area contributed by atoms with E-state index in [1.165, 1.54) is 11.3 Å². The zero-order valence-electron chi connectivity index (χ0n) is 17.3. The Morgan fingerprint density at radius 3 is 2.55 bits per heavy atom. The molecule has 2 N–H and O–H groups in total. The highest BCUT2D eigenvalue weighted by atomic mass is 35.5. The van der Waals surface area contributed by atoms with Crippen molar-refractivity contribution in [3.8, 4) is 0 Å². The Bertz CT molecular complexity index is 944. The Kier molecular flexibility index (Phi) is 9.50. The van der Waals surface area contributed by atoms with Crippen LogP contribution in [0.4, 0.5) is 0 Å². The number of nitrogens with zero attached hydrogens (tertiary/aromatic N) is 1. The molecule has 6 nitrogen and oxygen atoms in total. The molecule has 0 saturated heterocycles. The molecule has 0 fully saturated rings. The number of fused-ring (bicyclic) bond motifs is 1.